The normalized spacial score (nSPS) is 14.1. The van der Waals surface area contributed by atoms with E-state index in [2.05, 4.69) is 41.3 Å². The van der Waals surface area contributed by atoms with E-state index in [1.54, 1.807) is 0 Å². The van der Waals surface area contributed by atoms with Gasteiger partial charge in [-0.25, -0.2) is 8.42 Å². The van der Waals surface area contributed by atoms with E-state index in [1.165, 1.54) is 6.26 Å². The lowest BCUT2D eigenvalue weighted by Gasteiger charge is -2.21. The molecule has 0 bridgehead atoms. The van der Waals surface area contributed by atoms with Gasteiger partial charge >= 0.3 is 0 Å². The molecule has 0 amide bonds. The van der Waals surface area contributed by atoms with Crippen LogP contribution in [0.1, 0.15) is 47.0 Å². The molecule has 0 aliphatic carbocycles. The van der Waals surface area contributed by atoms with Crippen LogP contribution in [-0.2, 0) is 9.84 Å². The van der Waals surface area contributed by atoms with Crippen molar-refractivity contribution in [2.45, 2.75) is 53.0 Å². The van der Waals surface area contributed by atoms with E-state index in [-0.39, 0.29) is 5.75 Å². The molecule has 0 fully saturated rings. The zero-order chi connectivity index (χ0) is 17.7. The second-order valence-electron chi connectivity index (χ2n) is 5.96. The molecule has 2 N–H and O–H groups in total. The van der Waals surface area contributed by atoms with Crippen LogP contribution in [-0.4, -0.2) is 70.1 Å². The molecule has 1 unspecified atom stereocenters. The Labute approximate surface area is 143 Å². The topological polar surface area (TPSA) is 73.8 Å². The van der Waals surface area contributed by atoms with Crippen molar-refractivity contribution < 1.29 is 8.42 Å². The molecule has 0 heterocycles. The standard InChI is InChI=1S/C16H36N4O2S/c1-6-17-16(18-12-10-14-23(5,21)22)19-15(4)11-9-13-20(7-2)8-3/h15H,6-14H2,1-5H3,(H2,17,18,19). The molecule has 0 aliphatic rings. The summed E-state index contributed by atoms with van der Waals surface area (Å²) in [6, 6.07) is 0.346. The Morgan fingerprint density at radius 3 is 2.35 bits per heavy atom. The number of nitrogens with zero attached hydrogens (tertiary/aromatic N) is 2. The highest BCUT2D eigenvalue weighted by molar-refractivity contribution is 7.90. The summed E-state index contributed by atoms with van der Waals surface area (Å²) in [6.07, 6.45) is 4.07. The first-order valence-corrected chi connectivity index (χ1v) is 10.8. The fraction of sp³-hybridized carbons (Fsp3) is 0.938. The van der Waals surface area contributed by atoms with E-state index in [0.29, 0.717) is 19.0 Å². The number of nitrogens with one attached hydrogen (secondary N) is 2. The summed E-state index contributed by atoms with van der Waals surface area (Å²) in [5, 5.41) is 6.61. The highest BCUT2D eigenvalue weighted by Crippen LogP contribution is 2.00. The summed E-state index contributed by atoms with van der Waals surface area (Å²) in [4.78, 5) is 6.88. The first kappa shape index (κ1) is 22.2. The average Bonchev–Trinajstić information content (AvgIpc) is 2.47. The SMILES string of the molecule is CCNC(=NCCCS(C)(=O)=O)NC(C)CCCN(CC)CC. The molecule has 0 aromatic carbocycles. The molecule has 1 atom stereocenters. The van der Waals surface area contributed by atoms with E-state index in [1.807, 2.05) is 6.92 Å². The zero-order valence-electron chi connectivity index (χ0n) is 15.6. The van der Waals surface area contributed by atoms with Crippen LogP contribution in [0.2, 0.25) is 0 Å². The fourth-order valence-electron chi connectivity index (χ4n) is 2.30. The Morgan fingerprint density at radius 2 is 1.83 bits per heavy atom. The predicted molar refractivity (Wildman–Crippen MR) is 99.9 cm³/mol. The molecule has 6 nitrogen and oxygen atoms in total. The van der Waals surface area contributed by atoms with Gasteiger partial charge in [0.25, 0.3) is 0 Å². The van der Waals surface area contributed by atoms with Crippen LogP contribution in [0.15, 0.2) is 4.99 Å². The number of hydrogen-bond donors (Lipinski definition) is 2. The van der Waals surface area contributed by atoms with Crippen LogP contribution < -0.4 is 10.6 Å². The molecule has 0 rings (SSSR count). The third-order valence-corrected chi connectivity index (χ3v) is 4.71. The predicted octanol–water partition coefficient (Wildman–Crippen LogP) is 1.49. The summed E-state index contributed by atoms with van der Waals surface area (Å²) in [5.41, 5.74) is 0. The first-order valence-electron chi connectivity index (χ1n) is 8.77. The molecule has 0 radical (unpaired) electrons. The average molecular weight is 349 g/mol. The molecular weight excluding hydrogens is 312 g/mol. The Morgan fingerprint density at radius 1 is 1.17 bits per heavy atom. The molecule has 7 heteroatoms. The van der Waals surface area contributed by atoms with E-state index in [9.17, 15) is 8.42 Å². The lowest BCUT2D eigenvalue weighted by Crippen LogP contribution is -2.42. The maximum atomic E-state index is 11.1. The lowest BCUT2D eigenvalue weighted by atomic mass is 10.2. The van der Waals surface area contributed by atoms with Crippen molar-refractivity contribution in [3.63, 3.8) is 0 Å². The van der Waals surface area contributed by atoms with Crippen molar-refractivity contribution in [1.82, 2.24) is 15.5 Å². The third kappa shape index (κ3) is 13.3. The minimum Gasteiger partial charge on any atom is -0.357 e. The van der Waals surface area contributed by atoms with Crippen molar-refractivity contribution in [3.8, 4) is 0 Å². The van der Waals surface area contributed by atoms with Gasteiger partial charge in [-0.15, -0.1) is 0 Å². The second-order valence-corrected chi connectivity index (χ2v) is 8.22. The van der Waals surface area contributed by atoms with Crippen LogP contribution in [0.5, 0.6) is 0 Å². The van der Waals surface area contributed by atoms with Crippen molar-refractivity contribution in [2.75, 3.05) is 44.7 Å². The molecule has 0 aromatic rings. The van der Waals surface area contributed by atoms with E-state index in [0.717, 1.165) is 45.0 Å². The van der Waals surface area contributed by atoms with Crippen LogP contribution in [0.3, 0.4) is 0 Å². The van der Waals surface area contributed by atoms with Crippen LogP contribution in [0.4, 0.5) is 0 Å². The Balaban J connectivity index is 4.18. The van der Waals surface area contributed by atoms with Gasteiger partial charge in [0.15, 0.2) is 5.96 Å². The van der Waals surface area contributed by atoms with Crippen LogP contribution >= 0.6 is 0 Å². The molecule has 138 valence electrons. The van der Waals surface area contributed by atoms with Crippen LogP contribution in [0, 0.1) is 0 Å². The van der Waals surface area contributed by atoms with E-state index < -0.39 is 9.84 Å². The maximum Gasteiger partial charge on any atom is 0.191 e. The molecule has 23 heavy (non-hydrogen) atoms. The number of hydrogen-bond acceptors (Lipinski definition) is 4. The molecule has 0 saturated carbocycles. The van der Waals surface area contributed by atoms with Gasteiger partial charge in [0, 0.05) is 25.4 Å². The largest absolute Gasteiger partial charge is 0.357 e. The van der Waals surface area contributed by atoms with Gasteiger partial charge in [0.2, 0.25) is 0 Å². The molecule has 0 aliphatic heterocycles. The second kappa shape index (κ2) is 12.6. The van der Waals surface area contributed by atoms with Crippen molar-refractivity contribution >= 4 is 15.8 Å². The summed E-state index contributed by atoms with van der Waals surface area (Å²) in [7, 11) is -2.90. The highest BCUT2D eigenvalue weighted by Gasteiger charge is 2.07. The van der Waals surface area contributed by atoms with Crippen LogP contribution in [0.25, 0.3) is 0 Å². The zero-order valence-corrected chi connectivity index (χ0v) is 16.4. The Kier molecular flexibility index (Phi) is 12.1. The highest BCUT2D eigenvalue weighted by atomic mass is 32.2. The maximum absolute atomic E-state index is 11.1. The van der Waals surface area contributed by atoms with Gasteiger partial charge in [0.05, 0.1) is 5.75 Å². The van der Waals surface area contributed by atoms with E-state index in [4.69, 9.17) is 0 Å². The van der Waals surface area contributed by atoms with Gasteiger partial charge in [0.1, 0.15) is 9.84 Å². The smallest absolute Gasteiger partial charge is 0.191 e. The number of sulfone groups is 1. The van der Waals surface area contributed by atoms with Gasteiger partial charge < -0.3 is 15.5 Å². The lowest BCUT2D eigenvalue weighted by molar-refractivity contribution is 0.292. The minimum atomic E-state index is -2.90. The molecule has 0 saturated heterocycles. The summed E-state index contributed by atoms with van der Waals surface area (Å²) in [6.45, 7) is 13.2. The number of aliphatic imine (C=N–C) groups is 1. The van der Waals surface area contributed by atoms with Gasteiger partial charge in [-0.2, -0.15) is 0 Å². The van der Waals surface area contributed by atoms with Crippen molar-refractivity contribution in [3.05, 3.63) is 0 Å². The van der Waals surface area contributed by atoms with Gasteiger partial charge in [-0.1, -0.05) is 13.8 Å². The number of rotatable bonds is 12. The molecule has 0 aromatic heterocycles. The fourth-order valence-corrected chi connectivity index (χ4v) is 2.96. The summed E-state index contributed by atoms with van der Waals surface area (Å²) >= 11 is 0. The quantitative estimate of drug-likeness (QED) is 0.317. The van der Waals surface area contributed by atoms with E-state index >= 15 is 0 Å². The summed E-state index contributed by atoms with van der Waals surface area (Å²) < 4.78 is 22.2. The monoisotopic (exact) mass is 348 g/mol. The van der Waals surface area contributed by atoms with Gasteiger partial charge in [-0.05, 0) is 52.7 Å². The summed E-state index contributed by atoms with van der Waals surface area (Å²) in [5.74, 6) is 0.964. The minimum absolute atomic E-state index is 0.190. The Bertz CT molecular complexity index is 420. The first-order chi connectivity index (χ1) is 10.8. The molecule has 0 spiro atoms. The van der Waals surface area contributed by atoms with Crippen molar-refractivity contribution in [1.29, 1.82) is 0 Å². The Hall–Kier alpha value is -0.820. The number of guanidine groups is 1. The third-order valence-electron chi connectivity index (χ3n) is 3.68. The molecular formula is C16H36N4O2S. The van der Waals surface area contributed by atoms with Crippen molar-refractivity contribution in [2.24, 2.45) is 4.99 Å². The van der Waals surface area contributed by atoms with Gasteiger partial charge in [-0.3, -0.25) is 4.99 Å².